The predicted molar refractivity (Wildman–Crippen MR) is 71.6 cm³/mol. The summed E-state index contributed by atoms with van der Waals surface area (Å²) in [5, 5.41) is 30.3. The first-order valence-corrected chi connectivity index (χ1v) is 5.90. The maximum atomic E-state index is 11.6. The van der Waals surface area contributed by atoms with Gasteiger partial charge in [-0.15, -0.1) is 0 Å². The first-order valence-electron chi connectivity index (χ1n) is 5.90. The van der Waals surface area contributed by atoms with Crippen LogP contribution < -0.4 is 10.6 Å². The van der Waals surface area contributed by atoms with Gasteiger partial charge in [-0.2, -0.15) is 5.26 Å². The Hall–Kier alpha value is -3.08. The van der Waals surface area contributed by atoms with E-state index in [1.54, 1.807) is 24.3 Å². The summed E-state index contributed by atoms with van der Waals surface area (Å²) < 4.78 is 0. The zero-order valence-electron chi connectivity index (χ0n) is 10.9. The molecule has 0 aliphatic heterocycles. The van der Waals surface area contributed by atoms with E-state index >= 15 is 0 Å². The summed E-state index contributed by atoms with van der Waals surface area (Å²) >= 11 is 0. The normalized spacial score (nSPS) is 11.0. The third kappa shape index (κ3) is 5.61. The lowest BCUT2D eigenvalue weighted by atomic mass is 10.1. The van der Waals surface area contributed by atoms with Crippen molar-refractivity contribution in [2.75, 3.05) is 5.32 Å². The molecule has 0 aliphatic rings. The Bertz CT molecular complexity index is 576. The number of anilines is 1. The molecule has 8 nitrogen and oxygen atoms in total. The second-order valence-corrected chi connectivity index (χ2v) is 4.12. The lowest BCUT2D eigenvalue weighted by molar-refractivity contribution is -0.145. The molecule has 0 radical (unpaired) electrons. The van der Waals surface area contributed by atoms with E-state index in [0.29, 0.717) is 5.69 Å². The number of carboxylic acid groups (broad SMARTS) is 2. The molecule has 0 fully saturated rings. The van der Waals surface area contributed by atoms with Crippen molar-refractivity contribution < 1.29 is 24.6 Å². The number of amides is 2. The van der Waals surface area contributed by atoms with E-state index in [1.807, 2.05) is 6.07 Å². The third-order valence-corrected chi connectivity index (χ3v) is 2.48. The summed E-state index contributed by atoms with van der Waals surface area (Å²) in [5.74, 6) is -2.76. The molecule has 21 heavy (non-hydrogen) atoms. The van der Waals surface area contributed by atoms with E-state index in [1.165, 1.54) is 0 Å². The number of rotatable bonds is 6. The number of hydrogen-bond acceptors (Lipinski definition) is 4. The molecule has 1 aromatic carbocycles. The number of benzene rings is 1. The Morgan fingerprint density at radius 3 is 2.29 bits per heavy atom. The molecule has 0 aromatic heterocycles. The number of aliphatic carboxylic acids is 2. The van der Waals surface area contributed by atoms with Crippen LogP contribution in [0, 0.1) is 11.3 Å². The predicted octanol–water partition coefficient (Wildman–Crippen LogP) is 0.802. The molecular formula is C13H13N3O5. The first kappa shape index (κ1) is 16.0. The van der Waals surface area contributed by atoms with E-state index in [2.05, 4.69) is 10.6 Å². The molecule has 2 amide bonds. The van der Waals surface area contributed by atoms with Crippen LogP contribution in [-0.2, 0) is 16.0 Å². The molecule has 1 aromatic rings. The second kappa shape index (κ2) is 7.49. The fourth-order valence-electron chi connectivity index (χ4n) is 1.50. The van der Waals surface area contributed by atoms with Crippen LogP contribution in [0.5, 0.6) is 0 Å². The van der Waals surface area contributed by atoms with E-state index in [-0.39, 0.29) is 6.42 Å². The molecule has 0 saturated heterocycles. The number of nitrogens with one attached hydrogen (secondary N) is 2. The average molecular weight is 291 g/mol. The van der Waals surface area contributed by atoms with E-state index in [4.69, 9.17) is 15.5 Å². The van der Waals surface area contributed by atoms with Crippen LogP contribution >= 0.6 is 0 Å². The van der Waals surface area contributed by atoms with Gasteiger partial charge >= 0.3 is 18.0 Å². The maximum Gasteiger partial charge on any atom is 0.326 e. The van der Waals surface area contributed by atoms with Gasteiger partial charge in [0.15, 0.2) is 0 Å². The number of hydrogen-bond donors (Lipinski definition) is 4. The van der Waals surface area contributed by atoms with Gasteiger partial charge in [-0.1, -0.05) is 12.1 Å². The smallest absolute Gasteiger partial charge is 0.326 e. The minimum atomic E-state index is -1.51. The third-order valence-electron chi connectivity index (χ3n) is 2.48. The lowest BCUT2D eigenvalue weighted by Gasteiger charge is -2.13. The highest BCUT2D eigenvalue weighted by Crippen LogP contribution is 2.09. The zero-order chi connectivity index (χ0) is 15.8. The highest BCUT2D eigenvalue weighted by atomic mass is 16.4. The number of nitrogens with zero attached hydrogens (tertiary/aromatic N) is 1. The summed E-state index contributed by atoms with van der Waals surface area (Å²) in [6.45, 7) is 0. The van der Waals surface area contributed by atoms with E-state index < -0.39 is 30.4 Å². The monoisotopic (exact) mass is 291 g/mol. The van der Waals surface area contributed by atoms with Gasteiger partial charge < -0.3 is 20.8 Å². The Morgan fingerprint density at radius 1 is 1.19 bits per heavy atom. The van der Waals surface area contributed by atoms with Crippen molar-refractivity contribution in [2.24, 2.45) is 0 Å². The standard InChI is InChI=1S/C13H13N3O5/c14-6-5-8-1-3-9(4-2-8)15-13(21)16-10(12(19)20)7-11(17)18/h1-4,10H,5,7H2,(H,17,18)(H,19,20)(H2,15,16,21)/t10-/m0/s1. The molecule has 4 N–H and O–H groups in total. The second-order valence-electron chi connectivity index (χ2n) is 4.12. The number of carboxylic acids is 2. The van der Waals surface area contributed by atoms with Gasteiger partial charge in [-0.25, -0.2) is 9.59 Å². The minimum absolute atomic E-state index is 0.242. The summed E-state index contributed by atoms with van der Waals surface area (Å²) in [4.78, 5) is 32.9. The highest BCUT2D eigenvalue weighted by Gasteiger charge is 2.22. The Morgan fingerprint density at radius 2 is 1.81 bits per heavy atom. The molecule has 8 heteroatoms. The van der Waals surface area contributed by atoms with Gasteiger partial charge in [0.25, 0.3) is 0 Å². The number of nitriles is 1. The van der Waals surface area contributed by atoms with Gasteiger partial charge in [-0.3, -0.25) is 4.79 Å². The Kier molecular flexibility index (Phi) is 5.70. The van der Waals surface area contributed by atoms with E-state index in [0.717, 1.165) is 5.56 Å². The Labute approximate surface area is 120 Å². The van der Waals surface area contributed by atoms with Crippen molar-refractivity contribution in [3.05, 3.63) is 29.8 Å². The zero-order valence-corrected chi connectivity index (χ0v) is 10.9. The molecule has 0 saturated carbocycles. The fraction of sp³-hybridized carbons (Fsp3) is 0.231. The van der Waals surface area contributed by atoms with Gasteiger partial charge in [0.1, 0.15) is 6.04 Å². The molecule has 0 spiro atoms. The molecule has 0 bridgehead atoms. The van der Waals surface area contributed by atoms with Crippen molar-refractivity contribution in [1.29, 1.82) is 5.26 Å². The summed E-state index contributed by atoms with van der Waals surface area (Å²) in [5.41, 5.74) is 1.17. The molecule has 1 atom stereocenters. The maximum absolute atomic E-state index is 11.6. The van der Waals surface area contributed by atoms with Gasteiger partial charge in [0.05, 0.1) is 18.9 Å². The largest absolute Gasteiger partial charge is 0.481 e. The van der Waals surface area contributed by atoms with Gasteiger partial charge in [0, 0.05) is 5.69 Å². The van der Waals surface area contributed by atoms with Crippen LogP contribution in [0.2, 0.25) is 0 Å². The van der Waals surface area contributed by atoms with Crippen molar-refractivity contribution >= 4 is 23.7 Å². The van der Waals surface area contributed by atoms with Crippen molar-refractivity contribution in [3.8, 4) is 6.07 Å². The Balaban J connectivity index is 2.61. The van der Waals surface area contributed by atoms with Crippen LogP contribution in [0.3, 0.4) is 0 Å². The first-order chi connectivity index (χ1) is 9.92. The van der Waals surface area contributed by atoms with Crippen molar-refractivity contribution in [1.82, 2.24) is 5.32 Å². The number of urea groups is 1. The van der Waals surface area contributed by atoms with Gasteiger partial charge in [-0.05, 0) is 17.7 Å². The SMILES string of the molecule is N#CCc1ccc(NC(=O)N[C@@H](CC(=O)O)C(=O)O)cc1. The summed E-state index contributed by atoms with van der Waals surface area (Å²) in [6.07, 6.45) is -0.476. The molecule has 0 unspecified atom stereocenters. The van der Waals surface area contributed by atoms with Crippen LogP contribution in [0.4, 0.5) is 10.5 Å². The number of carbonyl (C=O) groups is 3. The van der Waals surface area contributed by atoms with Crippen LogP contribution in [0.25, 0.3) is 0 Å². The van der Waals surface area contributed by atoms with Crippen molar-refractivity contribution in [2.45, 2.75) is 18.9 Å². The average Bonchev–Trinajstić information content (AvgIpc) is 2.40. The van der Waals surface area contributed by atoms with Crippen LogP contribution in [0.15, 0.2) is 24.3 Å². The molecule has 110 valence electrons. The minimum Gasteiger partial charge on any atom is -0.481 e. The van der Waals surface area contributed by atoms with Crippen molar-refractivity contribution in [3.63, 3.8) is 0 Å². The molecule has 1 rings (SSSR count). The van der Waals surface area contributed by atoms with Crippen LogP contribution in [0.1, 0.15) is 12.0 Å². The molecular weight excluding hydrogens is 278 g/mol. The van der Waals surface area contributed by atoms with E-state index in [9.17, 15) is 14.4 Å². The molecule has 0 heterocycles. The topological polar surface area (TPSA) is 140 Å². The fourth-order valence-corrected chi connectivity index (χ4v) is 1.50. The lowest BCUT2D eigenvalue weighted by Crippen LogP contribution is -2.44. The number of carbonyl (C=O) groups excluding carboxylic acids is 1. The quantitative estimate of drug-likeness (QED) is 0.611. The molecule has 0 aliphatic carbocycles. The highest BCUT2D eigenvalue weighted by molar-refractivity contribution is 5.93. The van der Waals surface area contributed by atoms with Crippen LogP contribution in [-0.4, -0.2) is 34.2 Å². The summed E-state index contributed by atoms with van der Waals surface area (Å²) in [7, 11) is 0. The summed E-state index contributed by atoms with van der Waals surface area (Å²) in [6, 6.07) is 6.04. The van der Waals surface area contributed by atoms with Gasteiger partial charge in [0.2, 0.25) is 0 Å².